The minimum atomic E-state index is 0. The van der Waals surface area contributed by atoms with Crippen molar-refractivity contribution < 1.29 is 4.74 Å². The molecule has 5 nitrogen and oxygen atoms in total. The van der Waals surface area contributed by atoms with E-state index in [1.807, 2.05) is 0 Å². The maximum absolute atomic E-state index is 5.00. The predicted octanol–water partition coefficient (Wildman–Crippen LogP) is 1.93. The molecular weight excluding hydrogens is 379 g/mol. The number of guanidine groups is 1. The fraction of sp³-hybridized carbons (Fsp3) is 0.933. The summed E-state index contributed by atoms with van der Waals surface area (Å²) in [5.41, 5.74) is 0. The van der Waals surface area contributed by atoms with Gasteiger partial charge in [-0.1, -0.05) is 6.92 Å². The van der Waals surface area contributed by atoms with Gasteiger partial charge in [-0.15, -0.1) is 24.0 Å². The number of halogens is 1. The number of nitrogens with zero attached hydrogens (tertiary/aromatic N) is 2. The van der Waals surface area contributed by atoms with Crippen LogP contribution in [-0.4, -0.2) is 64.3 Å². The van der Waals surface area contributed by atoms with Gasteiger partial charge >= 0.3 is 0 Å². The molecule has 126 valence electrons. The molecule has 1 heterocycles. The van der Waals surface area contributed by atoms with E-state index in [9.17, 15) is 0 Å². The standard InChI is InChI=1S/C15H32N4O.HI/c1-14-7-6-11-19(13-14)10-5-4-8-17-15(16-2)18-9-12-20-3;/h14H,4-13H2,1-3H3,(H2,16,17,18);1H. The van der Waals surface area contributed by atoms with Crippen molar-refractivity contribution in [3.63, 3.8) is 0 Å². The second-order valence-electron chi connectivity index (χ2n) is 5.67. The van der Waals surface area contributed by atoms with Gasteiger partial charge in [-0.25, -0.2) is 0 Å². The minimum Gasteiger partial charge on any atom is -0.383 e. The Morgan fingerprint density at radius 3 is 2.71 bits per heavy atom. The van der Waals surface area contributed by atoms with Gasteiger partial charge in [-0.05, 0) is 44.7 Å². The lowest BCUT2D eigenvalue weighted by molar-refractivity contribution is 0.181. The molecule has 2 N–H and O–H groups in total. The van der Waals surface area contributed by atoms with Crippen molar-refractivity contribution in [1.29, 1.82) is 0 Å². The van der Waals surface area contributed by atoms with Gasteiger partial charge in [0.05, 0.1) is 6.61 Å². The highest BCUT2D eigenvalue weighted by Crippen LogP contribution is 2.15. The highest BCUT2D eigenvalue weighted by Gasteiger charge is 2.15. The SMILES string of the molecule is CN=C(NCCCCN1CCCC(C)C1)NCCOC.I. The van der Waals surface area contributed by atoms with Gasteiger partial charge in [0.2, 0.25) is 0 Å². The average molecular weight is 412 g/mol. The number of ether oxygens (including phenoxy) is 1. The molecule has 0 bridgehead atoms. The molecule has 21 heavy (non-hydrogen) atoms. The Balaban J connectivity index is 0.00000400. The lowest BCUT2D eigenvalue weighted by atomic mass is 10.0. The molecule has 0 radical (unpaired) electrons. The van der Waals surface area contributed by atoms with Crippen molar-refractivity contribution in [3.05, 3.63) is 0 Å². The molecule has 0 aromatic heterocycles. The van der Waals surface area contributed by atoms with Crippen LogP contribution in [0.4, 0.5) is 0 Å². The monoisotopic (exact) mass is 412 g/mol. The van der Waals surface area contributed by atoms with Gasteiger partial charge < -0.3 is 20.3 Å². The van der Waals surface area contributed by atoms with Gasteiger partial charge in [0.25, 0.3) is 0 Å². The van der Waals surface area contributed by atoms with Crippen LogP contribution >= 0.6 is 24.0 Å². The van der Waals surface area contributed by atoms with Crippen LogP contribution in [0.1, 0.15) is 32.6 Å². The summed E-state index contributed by atoms with van der Waals surface area (Å²) in [5.74, 6) is 1.75. The van der Waals surface area contributed by atoms with E-state index < -0.39 is 0 Å². The quantitative estimate of drug-likeness (QED) is 0.277. The second-order valence-corrected chi connectivity index (χ2v) is 5.67. The number of methoxy groups -OCH3 is 1. The van der Waals surface area contributed by atoms with E-state index in [1.165, 1.54) is 45.3 Å². The molecule has 1 saturated heterocycles. The number of nitrogens with one attached hydrogen (secondary N) is 2. The van der Waals surface area contributed by atoms with Crippen LogP contribution in [-0.2, 0) is 4.74 Å². The third kappa shape index (κ3) is 10.3. The first-order valence-corrected chi connectivity index (χ1v) is 7.92. The first kappa shape index (κ1) is 20.9. The Kier molecular flexibility index (Phi) is 13.5. The van der Waals surface area contributed by atoms with E-state index in [1.54, 1.807) is 14.2 Å². The summed E-state index contributed by atoms with van der Waals surface area (Å²) in [4.78, 5) is 6.80. The molecule has 0 spiro atoms. The van der Waals surface area contributed by atoms with Crippen molar-refractivity contribution in [2.75, 3.05) is 53.5 Å². The van der Waals surface area contributed by atoms with Gasteiger partial charge in [0, 0.05) is 33.8 Å². The van der Waals surface area contributed by atoms with Gasteiger partial charge in [-0.2, -0.15) is 0 Å². The molecule has 1 rings (SSSR count). The predicted molar refractivity (Wildman–Crippen MR) is 101 cm³/mol. The van der Waals surface area contributed by atoms with Crippen molar-refractivity contribution in [3.8, 4) is 0 Å². The highest BCUT2D eigenvalue weighted by atomic mass is 127. The minimum absolute atomic E-state index is 0. The fourth-order valence-electron chi connectivity index (χ4n) is 2.65. The molecule has 1 aliphatic heterocycles. The molecular formula is C15H33IN4O. The molecule has 0 saturated carbocycles. The zero-order valence-electron chi connectivity index (χ0n) is 13.9. The van der Waals surface area contributed by atoms with Crippen LogP contribution < -0.4 is 10.6 Å². The summed E-state index contributed by atoms with van der Waals surface area (Å²) in [6.45, 7) is 8.66. The van der Waals surface area contributed by atoms with Gasteiger partial charge in [-0.3, -0.25) is 4.99 Å². The van der Waals surface area contributed by atoms with E-state index in [-0.39, 0.29) is 24.0 Å². The van der Waals surface area contributed by atoms with Crippen LogP contribution in [0, 0.1) is 5.92 Å². The van der Waals surface area contributed by atoms with Crippen LogP contribution in [0.3, 0.4) is 0 Å². The summed E-state index contributed by atoms with van der Waals surface area (Å²) < 4.78 is 5.00. The van der Waals surface area contributed by atoms with E-state index in [0.29, 0.717) is 6.61 Å². The normalized spacial score (nSPS) is 20.0. The van der Waals surface area contributed by atoms with Crippen molar-refractivity contribution >= 4 is 29.9 Å². The number of likely N-dealkylation sites (tertiary alicyclic amines) is 1. The number of unbranched alkanes of at least 4 members (excludes halogenated alkanes) is 1. The summed E-state index contributed by atoms with van der Waals surface area (Å²) in [6, 6.07) is 0. The molecule has 1 aliphatic rings. The fourth-order valence-corrected chi connectivity index (χ4v) is 2.65. The van der Waals surface area contributed by atoms with Crippen molar-refractivity contribution in [2.24, 2.45) is 10.9 Å². The molecule has 0 aromatic carbocycles. The average Bonchev–Trinajstić information content (AvgIpc) is 2.45. The maximum atomic E-state index is 5.00. The van der Waals surface area contributed by atoms with Crippen LogP contribution in [0.25, 0.3) is 0 Å². The Morgan fingerprint density at radius 2 is 2.05 bits per heavy atom. The number of hydrogen-bond acceptors (Lipinski definition) is 3. The molecule has 6 heteroatoms. The van der Waals surface area contributed by atoms with Crippen LogP contribution in [0.2, 0.25) is 0 Å². The zero-order valence-corrected chi connectivity index (χ0v) is 16.2. The number of piperidine rings is 1. The lowest BCUT2D eigenvalue weighted by Gasteiger charge is -2.30. The molecule has 1 fully saturated rings. The second kappa shape index (κ2) is 13.6. The summed E-state index contributed by atoms with van der Waals surface area (Å²) in [7, 11) is 3.51. The van der Waals surface area contributed by atoms with Crippen LogP contribution in [0.15, 0.2) is 4.99 Å². The summed E-state index contributed by atoms with van der Waals surface area (Å²) in [5, 5.41) is 6.56. The smallest absolute Gasteiger partial charge is 0.191 e. The Hall–Kier alpha value is -0.0800. The van der Waals surface area contributed by atoms with E-state index in [2.05, 4.69) is 27.4 Å². The first-order valence-electron chi connectivity index (χ1n) is 7.92. The largest absolute Gasteiger partial charge is 0.383 e. The number of aliphatic imine (C=N–C) groups is 1. The highest BCUT2D eigenvalue weighted by molar-refractivity contribution is 14.0. The molecule has 0 aliphatic carbocycles. The summed E-state index contributed by atoms with van der Waals surface area (Å²) >= 11 is 0. The van der Waals surface area contributed by atoms with E-state index in [0.717, 1.165) is 25.0 Å². The van der Waals surface area contributed by atoms with Crippen LogP contribution in [0.5, 0.6) is 0 Å². The molecule has 1 atom stereocenters. The third-order valence-electron chi connectivity index (χ3n) is 3.76. The zero-order chi connectivity index (χ0) is 14.6. The number of hydrogen-bond donors (Lipinski definition) is 2. The number of rotatable bonds is 8. The Morgan fingerprint density at radius 1 is 1.29 bits per heavy atom. The molecule has 0 amide bonds. The Bertz CT molecular complexity index is 276. The van der Waals surface area contributed by atoms with Gasteiger partial charge in [0.15, 0.2) is 5.96 Å². The van der Waals surface area contributed by atoms with E-state index >= 15 is 0 Å². The van der Waals surface area contributed by atoms with E-state index in [4.69, 9.17) is 4.74 Å². The first-order chi connectivity index (χ1) is 9.76. The molecule has 0 aromatic rings. The molecule has 1 unspecified atom stereocenters. The summed E-state index contributed by atoms with van der Waals surface area (Å²) in [6.07, 6.45) is 5.22. The van der Waals surface area contributed by atoms with Crippen molar-refractivity contribution in [1.82, 2.24) is 15.5 Å². The maximum Gasteiger partial charge on any atom is 0.191 e. The Labute approximate surface area is 147 Å². The van der Waals surface area contributed by atoms with Crippen molar-refractivity contribution in [2.45, 2.75) is 32.6 Å². The topological polar surface area (TPSA) is 48.9 Å². The third-order valence-corrected chi connectivity index (χ3v) is 3.76. The van der Waals surface area contributed by atoms with Gasteiger partial charge in [0.1, 0.15) is 0 Å². The lowest BCUT2D eigenvalue weighted by Crippen LogP contribution is -2.39.